The summed E-state index contributed by atoms with van der Waals surface area (Å²) in [7, 11) is -2.77. The van der Waals surface area contributed by atoms with Crippen LogP contribution in [0.1, 0.15) is 43.6 Å². The van der Waals surface area contributed by atoms with Crippen molar-refractivity contribution < 1.29 is 12.8 Å². The molecule has 1 aromatic rings. The maximum absolute atomic E-state index is 11.3. The molecule has 2 atom stereocenters. The van der Waals surface area contributed by atoms with Crippen LogP contribution in [0.5, 0.6) is 0 Å². The van der Waals surface area contributed by atoms with Crippen molar-refractivity contribution in [2.75, 3.05) is 11.5 Å². The minimum Gasteiger partial charge on any atom is -0.464 e. The number of nitrogens with one attached hydrogen (secondary N) is 1. The zero-order chi connectivity index (χ0) is 13.5. The third-order valence-electron chi connectivity index (χ3n) is 4.28. The maximum atomic E-state index is 11.3. The molecule has 4 nitrogen and oxygen atoms in total. The van der Waals surface area contributed by atoms with E-state index in [1.165, 1.54) is 6.42 Å². The van der Waals surface area contributed by atoms with Gasteiger partial charge in [-0.2, -0.15) is 0 Å². The van der Waals surface area contributed by atoms with Crippen molar-refractivity contribution >= 4 is 9.84 Å². The smallest absolute Gasteiger partial charge is 0.150 e. The van der Waals surface area contributed by atoms with Crippen LogP contribution in [0.2, 0.25) is 0 Å². The van der Waals surface area contributed by atoms with Crippen LogP contribution in [-0.2, 0) is 16.4 Å². The molecule has 1 saturated heterocycles. The molecule has 2 heterocycles. The average Bonchev–Trinajstić information content (AvgIpc) is 2.91. The molecule has 1 N–H and O–H groups in total. The summed E-state index contributed by atoms with van der Waals surface area (Å²) in [6.45, 7) is 2.94. The van der Waals surface area contributed by atoms with E-state index in [9.17, 15) is 8.42 Å². The van der Waals surface area contributed by atoms with Gasteiger partial charge in [-0.3, -0.25) is 0 Å². The van der Waals surface area contributed by atoms with E-state index >= 15 is 0 Å². The molecule has 0 bridgehead atoms. The summed E-state index contributed by atoms with van der Waals surface area (Å²) in [6.07, 6.45) is 2.67. The number of hydrogen-bond acceptors (Lipinski definition) is 4. The van der Waals surface area contributed by atoms with Crippen molar-refractivity contribution in [3.05, 3.63) is 23.7 Å². The Morgan fingerprint density at radius 3 is 2.63 bits per heavy atom. The summed E-state index contributed by atoms with van der Waals surface area (Å²) in [5, 5.41) is 3.40. The Morgan fingerprint density at radius 2 is 2.00 bits per heavy atom. The van der Waals surface area contributed by atoms with Crippen molar-refractivity contribution in [1.29, 1.82) is 0 Å². The monoisotopic (exact) mass is 283 g/mol. The molecular weight excluding hydrogens is 262 g/mol. The molecule has 0 spiro atoms. The fourth-order valence-electron chi connectivity index (χ4n) is 2.75. The predicted octanol–water partition coefficient (Wildman–Crippen LogP) is 2.07. The Morgan fingerprint density at radius 1 is 1.32 bits per heavy atom. The van der Waals surface area contributed by atoms with Crippen LogP contribution in [0.4, 0.5) is 0 Å². The number of sulfone groups is 1. The van der Waals surface area contributed by atoms with Crippen molar-refractivity contribution in [2.45, 2.75) is 44.7 Å². The third kappa shape index (κ3) is 3.20. The molecule has 2 aliphatic rings. The van der Waals surface area contributed by atoms with Gasteiger partial charge in [-0.05, 0) is 37.3 Å². The fraction of sp³-hybridized carbons (Fsp3) is 0.714. The lowest BCUT2D eigenvalue weighted by Crippen LogP contribution is -2.37. The summed E-state index contributed by atoms with van der Waals surface area (Å²) < 4.78 is 28.5. The molecule has 0 radical (unpaired) electrons. The van der Waals surface area contributed by atoms with Crippen LogP contribution in [0.15, 0.2) is 16.5 Å². The van der Waals surface area contributed by atoms with Crippen molar-refractivity contribution in [1.82, 2.24) is 5.32 Å². The van der Waals surface area contributed by atoms with E-state index in [4.69, 9.17) is 4.42 Å². The molecule has 3 rings (SSSR count). The quantitative estimate of drug-likeness (QED) is 0.919. The normalized spacial score (nSPS) is 30.4. The molecule has 106 valence electrons. The van der Waals surface area contributed by atoms with Gasteiger partial charge in [0.1, 0.15) is 21.4 Å². The minimum absolute atomic E-state index is 0.303. The lowest BCUT2D eigenvalue weighted by atomic mass is 10.1. The number of furan rings is 1. The first kappa shape index (κ1) is 13.2. The second-order valence-corrected chi connectivity index (χ2v) is 8.23. The van der Waals surface area contributed by atoms with Crippen LogP contribution in [0, 0.1) is 5.92 Å². The van der Waals surface area contributed by atoms with E-state index in [0.29, 0.717) is 30.0 Å². The van der Waals surface area contributed by atoms with Gasteiger partial charge in [-0.15, -0.1) is 0 Å². The number of rotatable bonds is 4. The van der Waals surface area contributed by atoms with Crippen molar-refractivity contribution in [3.8, 4) is 0 Å². The molecule has 1 saturated carbocycles. The van der Waals surface area contributed by atoms with Crippen molar-refractivity contribution in [2.24, 2.45) is 5.92 Å². The molecule has 2 unspecified atom stereocenters. The topological polar surface area (TPSA) is 59.3 Å². The van der Waals surface area contributed by atoms with Gasteiger partial charge < -0.3 is 9.73 Å². The molecule has 2 fully saturated rings. The molecule has 1 aromatic heterocycles. The maximum Gasteiger partial charge on any atom is 0.150 e. The van der Waals surface area contributed by atoms with Crippen molar-refractivity contribution in [3.63, 3.8) is 0 Å². The Labute approximate surface area is 114 Å². The van der Waals surface area contributed by atoms with E-state index < -0.39 is 9.84 Å². The Kier molecular flexibility index (Phi) is 3.43. The second-order valence-electron chi connectivity index (χ2n) is 5.93. The molecule has 5 heteroatoms. The van der Waals surface area contributed by atoms with Crippen LogP contribution in [-0.4, -0.2) is 26.0 Å². The van der Waals surface area contributed by atoms with Crippen LogP contribution >= 0.6 is 0 Å². The number of hydrogen-bond donors (Lipinski definition) is 1. The van der Waals surface area contributed by atoms with E-state index in [2.05, 4.69) is 18.3 Å². The summed E-state index contributed by atoms with van der Waals surface area (Å²) in [4.78, 5) is 0. The minimum atomic E-state index is -2.77. The molecular formula is C14H21NO3S. The fourth-order valence-corrected chi connectivity index (χ4v) is 4.24. The SMILES string of the molecule is CC1CC1c1ccc(CNC2CCS(=O)(=O)CC2)o1. The molecule has 0 amide bonds. The highest BCUT2D eigenvalue weighted by molar-refractivity contribution is 7.91. The first-order chi connectivity index (χ1) is 9.03. The van der Waals surface area contributed by atoms with E-state index in [1.54, 1.807) is 0 Å². The lowest BCUT2D eigenvalue weighted by molar-refractivity contribution is 0.405. The van der Waals surface area contributed by atoms with E-state index in [-0.39, 0.29) is 0 Å². The highest BCUT2D eigenvalue weighted by atomic mass is 32.2. The van der Waals surface area contributed by atoms with Crippen LogP contribution < -0.4 is 5.32 Å². The Hall–Kier alpha value is -0.810. The van der Waals surface area contributed by atoms with Gasteiger partial charge in [0.25, 0.3) is 0 Å². The Bertz CT molecular complexity index is 535. The third-order valence-corrected chi connectivity index (χ3v) is 5.99. The summed E-state index contributed by atoms with van der Waals surface area (Å²) >= 11 is 0. The zero-order valence-corrected chi connectivity index (χ0v) is 12.1. The molecule has 19 heavy (non-hydrogen) atoms. The largest absolute Gasteiger partial charge is 0.464 e. The molecule has 0 aromatic carbocycles. The first-order valence-corrected chi connectivity index (χ1v) is 8.88. The average molecular weight is 283 g/mol. The summed E-state index contributed by atoms with van der Waals surface area (Å²) in [6, 6.07) is 4.42. The van der Waals surface area contributed by atoms with Gasteiger partial charge in [-0.1, -0.05) is 6.92 Å². The van der Waals surface area contributed by atoms with Gasteiger partial charge in [-0.25, -0.2) is 8.42 Å². The second kappa shape index (κ2) is 4.94. The van der Waals surface area contributed by atoms with E-state index in [1.807, 2.05) is 6.07 Å². The standard InChI is InChI=1S/C14H21NO3S/c1-10-8-13(10)14-3-2-12(18-14)9-15-11-4-6-19(16,17)7-5-11/h2-3,10-11,13,15H,4-9H2,1H3. The van der Waals surface area contributed by atoms with E-state index in [0.717, 1.165) is 30.3 Å². The van der Waals surface area contributed by atoms with Gasteiger partial charge in [0.2, 0.25) is 0 Å². The predicted molar refractivity (Wildman–Crippen MR) is 73.7 cm³/mol. The molecule has 1 aliphatic heterocycles. The lowest BCUT2D eigenvalue weighted by Gasteiger charge is -2.22. The highest BCUT2D eigenvalue weighted by Gasteiger charge is 2.36. The van der Waals surface area contributed by atoms with Crippen LogP contribution in [0.3, 0.4) is 0 Å². The zero-order valence-electron chi connectivity index (χ0n) is 11.3. The van der Waals surface area contributed by atoms with Gasteiger partial charge >= 0.3 is 0 Å². The first-order valence-electron chi connectivity index (χ1n) is 7.06. The summed E-state index contributed by atoms with van der Waals surface area (Å²) in [5.74, 6) is 4.07. The highest BCUT2D eigenvalue weighted by Crippen LogP contribution is 2.47. The van der Waals surface area contributed by atoms with Crippen LogP contribution in [0.25, 0.3) is 0 Å². The molecule has 1 aliphatic carbocycles. The summed E-state index contributed by atoms with van der Waals surface area (Å²) in [5.41, 5.74) is 0. The van der Waals surface area contributed by atoms with Gasteiger partial charge in [0.05, 0.1) is 18.1 Å². The van der Waals surface area contributed by atoms with Gasteiger partial charge in [0, 0.05) is 12.0 Å². The van der Waals surface area contributed by atoms with Gasteiger partial charge in [0.15, 0.2) is 0 Å². The Balaban J connectivity index is 1.48.